The second kappa shape index (κ2) is 10.1. The lowest BCUT2D eigenvalue weighted by Gasteiger charge is -2.30. The number of carbonyl (C=O) groups excluding carboxylic acids is 2. The molecular weight excluding hydrogens is 348 g/mol. The highest BCUT2D eigenvalue weighted by molar-refractivity contribution is 5.88. The maximum Gasteiger partial charge on any atom is 0.242 e. The highest BCUT2D eigenvalue weighted by atomic mass is 16.2. The number of hydrogen-bond acceptors (Lipinski definition) is 2. The molecule has 0 unspecified atom stereocenters. The maximum absolute atomic E-state index is 13.2. The molecule has 150 valence electrons. The molecule has 0 fully saturated rings. The summed E-state index contributed by atoms with van der Waals surface area (Å²) in [5, 5.41) is 3.00. The molecule has 0 saturated heterocycles. The largest absolute Gasteiger partial charge is 0.352 e. The minimum absolute atomic E-state index is 0.0427. The molecule has 0 spiro atoms. The van der Waals surface area contributed by atoms with Crippen molar-refractivity contribution in [3.8, 4) is 0 Å². The molecule has 0 heterocycles. The average molecular weight is 381 g/mol. The van der Waals surface area contributed by atoms with Crippen LogP contribution in [0.15, 0.2) is 48.5 Å². The van der Waals surface area contributed by atoms with E-state index in [4.69, 9.17) is 0 Å². The van der Waals surface area contributed by atoms with Crippen LogP contribution in [0.25, 0.3) is 0 Å². The number of aryl methyl sites for hydroxylation is 2. The third-order valence-corrected chi connectivity index (χ3v) is 5.04. The van der Waals surface area contributed by atoms with Gasteiger partial charge in [-0.1, -0.05) is 66.6 Å². The lowest BCUT2D eigenvalue weighted by Crippen LogP contribution is -2.49. The summed E-state index contributed by atoms with van der Waals surface area (Å²) in [5.41, 5.74) is 4.26. The van der Waals surface area contributed by atoms with Crippen molar-refractivity contribution in [3.63, 3.8) is 0 Å². The first kappa shape index (κ1) is 21.7. The Bertz CT molecular complexity index is 816. The summed E-state index contributed by atoms with van der Waals surface area (Å²) in [4.78, 5) is 27.6. The van der Waals surface area contributed by atoms with E-state index in [1.165, 1.54) is 0 Å². The Morgan fingerprint density at radius 3 is 2.11 bits per heavy atom. The minimum Gasteiger partial charge on any atom is -0.352 e. The van der Waals surface area contributed by atoms with Crippen molar-refractivity contribution >= 4 is 11.8 Å². The topological polar surface area (TPSA) is 49.4 Å². The molecule has 2 aromatic carbocycles. The second-order valence-electron chi connectivity index (χ2n) is 7.67. The van der Waals surface area contributed by atoms with Crippen LogP contribution in [0.1, 0.15) is 49.4 Å². The van der Waals surface area contributed by atoms with Gasteiger partial charge in [-0.25, -0.2) is 0 Å². The Labute approximate surface area is 169 Å². The lowest BCUT2D eigenvalue weighted by molar-refractivity contribution is -0.140. The van der Waals surface area contributed by atoms with Crippen molar-refractivity contribution in [2.75, 3.05) is 0 Å². The Morgan fingerprint density at radius 1 is 0.964 bits per heavy atom. The van der Waals surface area contributed by atoms with E-state index in [-0.39, 0.29) is 24.3 Å². The van der Waals surface area contributed by atoms with Gasteiger partial charge in [0.05, 0.1) is 6.42 Å². The van der Waals surface area contributed by atoms with E-state index in [9.17, 15) is 9.59 Å². The number of amides is 2. The van der Waals surface area contributed by atoms with Gasteiger partial charge < -0.3 is 10.2 Å². The highest BCUT2D eigenvalue weighted by Gasteiger charge is 2.26. The fraction of sp³-hybridized carbons (Fsp3) is 0.417. The van der Waals surface area contributed by atoms with E-state index >= 15 is 0 Å². The average Bonchev–Trinajstić information content (AvgIpc) is 2.65. The number of hydrogen-bond donors (Lipinski definition) is 1. The summed E-state index contributed by atoms with van der Waals surface area (Å²) in [6, 6.07) is 15.6. The van der Waals surface area contributed by atoms with E-state index in [0.29, 0.717) is 6.54 Å². The van der Waals surface area contributed by atoms with Gasteiger partial charge in [-0.05, 0) is 45.2 Å². The zero-order valence-corrected chi connectivity index (χ0v) is 17.7. The van der Waals surface area contributed by atoms with Gasteiger partial charge in [-0.15, -0.1) is 0 Å². The predicted molar refractivity (Wildman–Crippen MR) is 114 cm³/mol. The maximum atomic E-state index is 13.2. The predicted octanol–water partition coefficient (Wildman–Crippen LogP) is 4.18. The molecule has 4 nitrogen and oxygen atoms in total. The van der Waals surface area contributed by atoms with Gasteiger partial charge in [0.1, 0.15) is 6.04 Å². The van der Waals surface area contributed by atoms with Crippen LogP contribution in [0.3, 0.4) is 0 Å². The van der Waals surface area contributed by atoms with Crippen LogP contribution in [-0.2, 0) is 22.6 Å². The van der Waals surface area contributed by atoms with Crippen LogP contribution in [0.4, 0.5) is 0 Å². The van der Waals surface area contributed by atoms with E-state index in [1.807, 2.05) is 77.1 Å². The molecule has 2 rings (SSSR count). The monoisotopic (exact) mass is 380 g/mol. The summed E-state index contributed by atoms with van der Waals surface area (Å²) in [5.74, 6) is -0.154. The van der Waals surface area contributed by atoms with E-state index in [1.54, 1.807) is 4.90 Å². The van der Waals surface area contributed by atoms with E-state index in [0.717, 1.165) is 28.7 Å². The van der Waals surface area contributed by atoms with Gasteiger partial charge in [0, 0.05) is 12.6 Å². The van der Waals surface area contributed by atoms with Crippen LogP contribution < -0.4 is 5.32 Å². The first-order chi connectivity index (χ1) is 13.3. The summed E-state index contributed by atoms with van der Waals surface area (Å²) in [6.07, 6.45) is 1.14. The molecule has 2 amide bonds. The van der Waals surface area contributed by atoms with Gasteiger partial charge >= 0.3 is 0 Å². The van der Waals surface area contributed by atoms with Gasteiger partial charge in [-0.3, -0.25) is 9.59 Å². The number of nitrogens with zero attached hydrogens (tertiary/aromatic N) is 1. The van der Waals surface area contributed by atoms with Crippen molar-refractivity contribution in [1.29, 1.82) is 0 Å². The van der Waals surface area contributed by atoms with Gasteiger partial charge in [0.25, 0.3) is 0 Å². The van der Waals surface area contributed by atoms with Crippen LogP contribution in [0.5, 0.6) is 0 Å². The SMILES string of the molecule is CC[C@H](C)NC(=O)[C@@H](C)N(Cc1cccc(C)c1)C(=O)Cc1cccc(C)c1. The third kappa shape index (κ3) is 6.22. The van der Waals surface area contributed by atoms with E-state index in [2.05, 4.69) is 11.4 Å². The molecule has 0 radical (unpaired) electrons. The van der Waals surface area contributed by atoms with Crippen molar-refractivity contribution < 1.29 is 9.59 Å². The summed E-state index contributed by atoms with van der Waals surface area (Å²) < 4.78 is 0. The van der Waals surface area contributed by atoms with Crippen molar-refractivity contribution in [2.45, 2.75) is 66.1 Å². The molecule has 0 aliphatic carbocycles. The zero-order valence-electron chi connectivity index (χ0n) is 17.7. The fourth-order valence-corrected chi connectivity index (χ4v) is 3.15. The first-order valence-electron chi connectivity index (χ1n) is 10.0. The second-order valence-corrected chi connectivity index (χ2v) is 7.67. The van der Waals surface area contributed by atoms with Gasteiger partial charge in [0.15, 0.2) is 0 Å². The standard InChI is InChI=1S/C24H32N2O2/c1-6-19(4)25-24(28)20(5)26(16-22-12-8-10-18(3)14-22)23(27)15-21-11-7-9-17(2)13-21/h7-14,19-20H,6,15-16H2,1-5H3,(H,25,28)/t19-,20+/m0/s1. The molecule has 0 aromatic heterocycles. The molecule has 0 bridgehead atoms. The fourth-order valence-electron chi connectivity index (χ4n) is 3.15. The molecule has 2 atom stereocenters. The minimum atomic E-state index is -0.535. The van der Waals surface area contributed by atoms with Gasteiger partial charge in [-0.2, -0.15) is 0 Å². The normalized spacial score (nSPS) is 12.9. The van der Waals surface area contributed by atoms with Crippen molar-refractivity contribution in [1.82, 2.24) is 10.2 Å². The molecule has 0 saturated carbocycles. The zero-order chi connectivity index (χ0) is 20.7. The number of benzene rings is 2. The number of carbonyl (C=O) groups is 2. The quantitative estimate of drug-likeness (QED) is 0.747. The van der Waals surface area contributed by atoms with Crippen molar-refractivity contribution in [3.05, 3.63) is 70.8 Å². The molecule has 4 heteroatoms. The molecule has 1 N–H and O–H groups in total. The summed E-state index contributed by atoms with van der Waals surface area (Å²) >= 11 is 0. The van der Waals surface area contributed by atoms with Gasteiger partial charge in [0.2, 0.25) is 11.8 Å². The van der Waals surface area contributed by atoms with Crippen LogP contribution in [-0.4, -0.2) is 28.8 Å². The van der Waals surface area contributed by atoms with E-state index < -0.39 is 6.04 Å². The Balaban J connectivity index is 2.23. The molecule has 0 aliphatic heterocycles. The lowest BCUT2D eigenvalue weighted by atomic mass is 10.1. The van der Waals surface area contributed by atoms with Crippen molar-refractivity contribution in [2.24, 2.45) is 0 Å². The molecule has 28 heavy (non-hydrogen) atoms. The molecule has 2 aromatic rings. The Morgan fingerprint density at radius 2 is 1.54 bits per heavy atom. The third-order valence-electron chi connectivity index (χ3n) is 5.04. The Hall–Kier alpha value is -2.62. The highest BCUT2D eigenvalue weighted by Crippen LogP contribution is 2.14. The summed E-state index contributed by atoms with van der Waals surface area (Å²) in [6.45, 7) is 10.3. The smallest absolute Gasteiger partial charge is 0.242 e. The molecule has 0 aliphatic rings. The number of nitrogens with one attached hydrogen (secondary N) is 1. The first-order valence-corrected chi connectivity index (χ1v) is 10.0. The Kier molecular flexibility index (Phi) is 7.80. The molecular formula is C24H32N2O2. The van der Waals surface area contributed by atoms with Crippen LogP contribution in [0, 0.1) is 13.8 Å². The van der Waals surface area contributed by atoms with Crippen LogP contribution in [0.2, 0.25) is 0 Å². The van der Waals surface area contributed by atoms with Crippen LogP contribution >= 0.6 is 0 Å². The summed E-state index contributed by atoms with van der Waals surface area (Å²) in [7, 11) is 0. The number of rotatable bonds is 8.